The molecule has 0 saturated carbocycles. The van der Waals surface area contributed by atoms with Gasteiger partial charge in [-0.05, 0) is 25.7 Å². The number of aliphatic carboxylic acids is 2. The van der Waals surface area contributed by atoms with E-state index in [2.05, 4.69) is 11.9 Å². The zero-order valence-corrected chi connectivity index (χ0v) is 17.1. The molecular formula is C16H26KNO5. The molecule has 1 atom stereocenters. The number of unbranched alkanes of at least 4 members (excludes halogenated alkanes) is 6. The molecule has 0 aliphatic rings. The molecule has 0 aromatic rings. The minimum absolute atomic E-state index is 0. The van der Waals surface area contributed by atoms with Crippen molar-refractivity contribution in [2.24, 2.45) is 0 Å². The Morgan fingerprint density at radius 2 is 1.61 bits per heavy atom. The van der Waals surface area contributed by atoms with Crippen LogP contribution in [0.4, 0.5) is 0 Å². The Morgan fingerprint density at radius 3 is 2.13 bits per heavy atom. The zero-order valence-electron chi connectivity index (χ0n) is 14.0. The van der Waals surface area contributed by atoms with Crippen LogP contribution in [0.3, 0.4) is 0 Å². The number of hydrogen-bond acceptors (Lipinski definition) is 4. The van der Waals surface area contributed by atoms with E-state index in [1.807, 2.05) is 6.08 Å². The van der Waals surface area contributed by atoms with Crippen molar-refractivity contribution >= 4 is 17.8 Å². The Bertz CT molecular complexity index is 373. The maximum Gasteiger partial charge on any atom is 1.00 e. The largest absolute Gasteiger partial charge is 1.00 e. The number of nitrogens with one attached hydrogen (secondary N) is 1. The van der Waals surface area contributed by atoms with E-state index in [9.17, 15) is 19.5 Å². The number of carboxylic acids is 2. The summed E-state index contributed by atoms with van der Waals surface area (Å²) in [5.41, 5.74) is 0. The molecule has 0 bridgehead atoms. The van der Waals surface area contributed by atoms with E-state index < -0.39 is 18.0 Å². The SMILES string of the molecule is C=CCCCCCCCCC(=O)N[C@@H](CCC(=O)O)C(=O)[O-].[K+]. The predicted molar refractivity (Wildman–Crippen MR) is 80.9 cm³/mol. The molecule has 0 aliphatic heterocycles. The van der Waals surface area contributed by atoms with Crippen LogP contribution in [0.1, 0.15) is 64.2 Å². The van der Waals surface area contributed by atoms with E-state index in [1.165, 1.54) is 0 Å². The minimum Gasteiger partial charge on any atom is -0.548 e. The summed E-state index contributed by atoms with van der Waals surface area (Å²) in [4.78, 5) is 32.9. The van der Waals surface area contributed by atoms with Crippen molar-refractivity contribution in [1.82, 2.24) is 5.32 Å². The predicted octanol–water partition coefficient (Wildman–Crippen LogP) is -1.60. The Kier molecular flexibility index (Phi) is 18.1. The van der Waals surface area contributed by atoms with Crippen LogP contribution in [0.2, 0.25) is 0 Å². The van der Waals surface area contributed by atoms with Crippen LogP contribution in [0, 0.1) is 0 Å². The molecule has 0 aliphatic carbocycles. The number of amides is 1. The van der Waals surface area contributed by atoms with Crippen LogP contribution in [0.5, 0.6) is 0 Å². The van der Waals surface area contributed by atoms with E-state index in [4.69, 9.17) is 5.11 Å². The van der Waals surface area contributed by atoms with Gasteiger partial charge in [0, 0.05) is 12.8 Å². The van der Waals surface area contributed by atoms with Crippen molar-refractivity contribution in [2.45, 2.75) is 70.3 Å². The summed E-state index contributed by atoms with van der Waals surface area (Å²) in [6.45, 7) is 3.66. The molecule has 0 radical (unpaired) electrons. The van der Waals surface area contributed by atoms with Gasteiger partial charge in [-0.25, -0.2) is 0 Å². The Morgan fingerprint density at radius 1 is 1.04 bits per heavy atom. The topological polar surface area (TPSA) is 107 Å². The fourth-order valence-electron chi connectivity index (χ4n) is 2.06. The number of carbonyl (C=O) groups is 3. The molecule has 7 heteroatoms. The van der Waals surface area contributed by atoms with E-state index in [0.717, 1.165) is 38.5 Å². The molecule has 0 fully saturated rings. The van der Waals surface area contributed by atoms with E-state index in [0.29, 0.717) is 6.42 Å². The standard InChI is InChI=1S/C16H27NO5.K/c1-2-3-4-5-6-7-8-9-10-14(18)17-13(16(21)22)11-12-15(19)20;/h2,13H,1,3-12H2,(H,17,18)(H,19,20)(H,21,22);/q;+1/p-1/t13-;/m0./s1. The summed E-state index contributed by atoms with van der Waals surface area (Å²) in [6, 6.07) is -1.23. The van der Waals surface area contributed by atoms with Gasteiger partial charge in [0.1, 0.15) is 0 Å². The van der Waals surface area contributed by atoms with Crippen molar-refractivity contribution in [1.29, 1.82) is 0 Å². The molecular weight excluding hydrogens is 325 g/mol. The molecule has 0 aromatic carbocycles. The summed E-state index contributed by atoms with van der Waals surface area (Å²) < 4.78 is 0. The van der Waals surface area contributed by atoms with Crippen LogP contribution in [0.15, 0.2) is 12.7 Å². The number of allylic oxidation sites excluding steroid dienone is 1. The van der Waals surface area contributed by atoms with Gasteiger partial charge in [0.05, 0.1) is 12.0 Å². The van der Waals surface area contributed by atoms with Crippen LogP contribution < -0.4 is 61.8 Å². The first kappa shape index (κ1) is 25.0. The summed E-state index contributed by atoms with van der Waals surface area (Å²) in [6.07, 6.45) is 8.80. The smallest absolute Gasteiger partial charge is 0.548 e. The van der Waals surface area contributed by atoms with Gasteiger partial charge in [-0.1, -0.05) is 31.8 Å². The second-order valence-corrected chi connectivity index (χ2v) is 5.32. The first-order valence-corrected chi connectivity index (χ1v) is 7.80. The van der Waals surface area contributed by atoms with E-state index >= 15 is 0 Å². The van der Waals surface area contributed by atoms with Gasteiger partial charge in [-0.2, -0.15) is 0 Å². The molecule has 0 unspecified atom stereocenters. The Hall–Kier alpha value is -0.214. The average molecular weight is 351 g/mol. The molecule has 0 rings (SSSR count). The third-order valence-electron chi connectivity index (χ3n) is 3.33. The Labute approximate surface area is 180 Å². The quantitative estimate of drug-likeness (QED) is 0.223. The maximum atomic E-state index is 11.6. The second-order valence-electron chi connectivity index (χ2n) is 5.32. The number of hydrogen-bond donors (Lipinski definition) is 2. The molecule has 0 heterocycles. The summed E-state index contributed by atoms with van der Waals surface area (Å²) >= 11 is 0. The maximum absolute atomic E-state index is 11.6. The number of carboxylic acid groups (broad SMARTS) is 2. The van der Waals surface area contributed by atoms with Gasteiger partial charge in [0.2, 0.25) is 5.91 Å². The first-order chi connectivity index (χ1) is 10.5. The molecule has 2 N–H and O–H groups in total. The molecule has 6 nitrogen and oxygen atoms in total. The minimum atomic E-state index is -1.45. The molecule has 0 aromatic heterocycles. The van der Waals surface area contributed by atoms with Gasteiger partial charge < -0.3 is 20.3 Å². The summed E-state index contributed by atoms with van der Waals surface area (Å²) in [5, 5.41) is 21.7. The summed E-state index contributed by atoms with van der Waals surface area (Å²) in [5.74, 6) is -2.92. The summed E-state index contributed by atoms with van der Waals surface area (Å²) in [7, 11) is 0. The van der Waals surface area contributed by atoms with Gasteiger partial charge in [0.15, 0.2) is 0 Å². The van der Waals surface area contributed by atoms with Crippen molar-refractivity contribution in [3.63, 3.8) is 0 Å². The third kappa shape index (κ3) is 16.4. The fraction of sp³-hybridized carbons (Fsp3) is 0.688. The molecule has 0 saturated heterocycles. The van der Waals surface area contributed by atoms with Gasteiger partial charge in [-0.3, -0.25) is 9.59 Å². The molecule has 23 heavy (non-hydrogen) atoms. The second kappa shape index (κ2) is 16.6. The van der Waals surface area contributed by atoms with Crippen LogP contribution in [0.25, 0.3) is 0 Å². The van der Waals surface area contributed by atoms with Gasteiger partial charge in [-0.15, -0.1) is 6.58 Å². The van der Waals surface area contributed by atoms with Crippen LogP contribution in [-0.4, -0.2) is 29.0 Å². The fourth-order valence-corrected chi connectivity index (χ4v) is 2.06. The Balaban J connectivity index is 0. The third-order valence-corrected chi connectivity index (χ3v) is 3.33. The van der Waals surface area contributed by atoms with Gasteiger partial charge in [0.25, 0.3) is 0 Å². The van der Waals surface area contributed by atoms with Crippen LogP contribution in [-0.2, 0) is 14.4 Å². The van der Waals surface area contributed by atoms with Crippen molar-refractivity contribution in [3.05, 3.63) is 12.7 Å². The number of carbonyl (C=O) groups excluding carboxylic acids is 2. The van der Waals surface area contributed by atoms with Crippen LogP contribution >= 0.6 is 0 Å². The first-order valence-electron chi connectivity index (χ1n) is 7.80. The van der Waals surface area contributed by atoms with Crippen molar-refractivity contribution in [3.8, 4) is 0 Å². The average Bonchev–Trinajstić information content (AvgIpc) is 2.45. The van der Waals surface area contributed by atoms with Crippen molar-refractivity contribution in [2.75, 3.05) is 0 Å². The van der Waals surface area contributed by atoms with Crippen molar-refractivity contribution < 1.29 is 76.0 Å². The molecule has 126 valence electrons. The molecule has 0 spiro atoms. The zero-order chi connectivity index (χ0) is 16.8. The monoisotopic (exact) mass is 351 g/mol. The molecule has 1 amide bonds. The van der Waals surface area contributed by atoms with E-state index in [-0.39, 0.29) is 76.6 Å². The van der Waals surface area contributed by atoms with Gasteiger partial charge >= 0.3 is 57.4 Å². The number of rotatable bonds is 14. The van der Waals surface area contributed by atoms with E-state index in [1.54, 1.807) is 0 Å². The normalized spacial score (nSPS) is 11.1.